The highest BCUT2D eigenvalue weighted by Crippen LogP contribution is 2.37. The molecule has 1 aromatic carbocycles. The molecule has 2 rings (SSSR count). The van der Waals surface area contributed by atoms with Gasteiger partial charge in [-0.05, 0) is 24.6 Å². The molecule has 1 N–H and O–H groups in total. The zero-order valence-corrected chi connectivity index (χ0v) is 13.4. The van der Waals surface area contributed by atoms with Crippen molar-refractivity contribution in [3.8, 4) is 11.5 Å². The Kier molecular flexibility index (Phi) is 6.12. The van der Waals surface area contributed by atoms with Gasteiger partial charge in [-0.3, -0.25) is 4.90 Å². The quantitative estimate of drug-likeness (QED) is 0.868. The number of benzene rings is 1. The number of alkyl halides is 3. The zero-order valence-electron chi connectivity index (χ0n) is 13.4. The summed E-state index contributed by atoms with van der Waals surface area (Å²) >= 11 is 0. The molecule has 130 valence electrons. The largest absolute Gasteiger partial charge is 0.493 e. The molecule has 1 aliphatic rings. The lowest BCUT2D eigenvalue weighted by molar-refractivity contribution is -0.148. The van der Waals surface area contributed by atoms with Crippen molar-refractivity contribution in [3.05, 3.63) is 23.8 Å². The van der Waals surface area contributed by atoms with E-state index in [1.807, 2.05) is 11.8 Å². The molecule has 1 saturated heterocycles. The first-order chi connectivity index (χ1) is 10.9. The number of ether oxygens (including phenoxy) is 2. The number of hydrogen-bond donors (Lipinski definition) is 1. The minimum Gasteiger partial charge on any atom is -0.493 e. The van der Waals surface area contributed by atoms with Crippen LogP contribution in [0.3, 0.4) is 0 Å². The number of methoxy groups -OCH3 is 1. The first kappa shape index (κ1) is 17.9. The summed E-state index contributed by atoms with van der Waals surface area (Å²) < 4.78 is 49.8. The van der Waals surface area contributed by atoms with Crippen molar-refractivity contribution in [3.63, 3.8) is 0 Å². The molecule has 0 saturated carbocycles. The molecule has 0 bridgehead atoms. The Morgan fingerprint density at radius 3 is 2.48 bits per heavy atom. The summed E-state index contributed by atoms with van der Waals surface area (Å²) in [7, 11) is 1.51. The Hall–Kier alpha value is -1.47. The minimum absolute atomic E-state index is 0.428. The topological polar surface area (TPSA) is 33.7 Å². The monoisotopic (exact) mass is 332 g/mol. The van der Waals surface area contributed by atoms with E-state index in [-0.39, 0.29) is 0 Å². The highest BCUT2D eigenvalue weighted by atomic mass is 19.4. The van der Waals surface area contributed by atoms with Crippen LogP contribution in [0.15, 0.2) is 18.2 Å². The predicted octanol–water partition coefficient (Wildman–Crippen LogP) is 2.99. The van der Waals surface area contributed by atoms with Crippen LogP contribution < -0.4 is 14.8 Å². The van der Waals surface area contributed by atoms with Crippen molar-refractivity contribution < 1.29 is 22.6 Å². The van der Waals surface area contributed by atoms with Gasteiger partial charge >= 0.3 is 6.18 Å². The van der Waals surface area contributed by atoms with Gasteiger partial charge in [0.2, 0.25) is 0 Å². The molecule has 0 amide bonds. The number of nitrogens with zero attached hydrogens (tertiary/aromatic N) is 1. The molecule has 0 aliphatic carbocycles. The van der Waals surface area contributed by atoms with E-state index < -0.39 is 18.6 Å². The van der Waals surface area contributed by atoms with E-state index in [2.05, 4.69) is 5.32 Å². The molecule has 1 heterocycles. The molecule has 0 aromatic heterocycles. The van der Waals surface area contributed by atoms with Crippen molar-refractivity contribution in [1.29, 1.82) is 0 Å². The summed E-state index contributed by atoms with van der Waals surface area (Å²) in [6.45, 7) is 4.84. The van der Waals surface area contributed by atoms with Crippen LogP contribution in [0.1, 0.15) is 24.9 Å². The SMILES string of the molecule is CCOc1cc([C@@H](CC(F)(F)F)N2CCNCC2)ccc1OC. The fourth-order valence-electron chi connectivity index (χ4n) is 2.84. The Bertz CT molecular complexity index is 503. The Morgan fingerprint density at radius 2 is 1.91 bits per heavy atom. The van der Waals surface area contributed by atoms with Crippen LogP contribution in [0, 0.1) is 0 Å². The average molecular weight is 332 g/mol. The van der Waals surface area contributed by atoms with Gasteiger partial charge in [-0.1, -0.05) is 6.07 Å². The molecule has 1 aliphatic heterocycles. The third kappa shape index (κ3) is 5.00. The highest BCUT2D eigenvalue weighted by Gasteiger charge is 2.36. The lowest BCUT2D eigenvalue weighted by atomic mass is 10.00. The van der Waals surface area contributed by atoms with E-state index >= 15 is 0 Å². The highest BCUT2D eigenvalue weighted by molar-refractivity contribution is 5.44. The molecule has 23 heavy (non-hydrogen) atoms. The first-order valence-electron chi connectivity index (χ1n) is 7.77. The number of nitrogens with one attached hydrogen (secondary N) is 1. The third-order valence-electron chi connectivity index (χ3n) is 3.89. The second-order valence-electron chi connectivity index (χ2n) is 5.46. The van der Waals surface area contributed by atoms with Crippen molar-refractivity contribution in [1.82, 2.24) is 10.2 Å². The van der Waals surface area contributed by atoms with Crippen molar-refractivity contribution in [2.75, 3.05) is 39.9 Å². The summed E-state index contributed by atoms with van der Waals surface area (Å²) in [6.07, 6.45) is -5.09. The molecular weight excluding hydrogens is 309 g/mol. The van der Waals surface area contributed by atoms with E-state index in [0.29, 0.717) is 49.8 Å². The maximum atomic E-state index is 13.0. The van der Waals surface area contributed by atoms with E-state index in [0.717, 1.165) is 0 Å². The molecule has 0 spiro atoms. The fraction of sp³-hybridized carbons (Fsp3) is 0.625. The Balaban J connectivity index is 2.31. The minimum atomic E-state index is -4.22. The molecule has 4 nitrogen and oxygen atoms in total. The van der Waals surface area contributed by atoms with Gasteiger partial charge in [0, 0.05) is 32.2 Å². The first-order valence-corrected chi connectivity index (χ1v) is 7.77. The number of rotatable bonds is 6. The van der Waals surface area contributed by atoms with Gasteiger partial charge < -0.3 is 14.8 Å². The van der Waals surface area contributed by atoms with Crippen LogP contribution >= 0.6 is 0 Å². The summed E-state index contributed by atoms with van der Waals surface area (Å²) in [5.41, 5.74) is 0.605. The Morgan fingerprint density at radius 1 is 1.22 bits per heavy atom. The van der Waals surface area contributed by atoms with E-state index in [1.165, 1.54) is 7.11 Å². The Labute approximate surface area is 134 Å². The lowest BCUT2D eigenvalue weighted by Gasteiger charge is -2.35. The average Bonchev–Trinajstić information content (AvgIpc) is 2.53. The van der Waals surface area contributed by atoms with Crippen LogP contribution in [0.2, 0.25) is 0 Å². The van der Waals surface area contributed by atoms with E-state index in [1.54, 1.807) is 18.2 Å². The lowest BCUT2D eigenvalue weighted by Crippen LogP contribution is -2.46. The molecule has 1 aromatic rings. The summed E-state index contributed by atoms with van der Waals surface area (Å²) in [4.78, 5) is 1.88. The van der Waals surface area contributed by atoms with Crippen LogP contribution in [-0.2, 0) is 0 Å². The molecule has 1 atom stereocenters. The normalized spacial score (nSPS) is 17.8. The molecular formula is C16H23F3N2O2. The van der Waals surface area contributed by atoms with Gasteiger partial charge in [0.05, 0.1) is 20.1 Å². The van der Waals surface area contributed by atoms with Crippen LogP contribution in [0.5, 0.6) is 11.5 Å². The van der Waals surface area contributed by atoms with Gasteiger partial charge in [0.1, 0.15) is 0 Å². The summed E-state index contributed by atoms with van der Waals surface area (Å²) in [5, 5.41) is 3.17. The van der Waals surface area contributed by atoms with Gasteiger partial charge in [-0.25, -0.2) is 0 Å². The van der Waals surface area contributed by atoms with Crippen LogP contribution in [-0.4, -0.2) is 51.0 Å². The van der Waals surface area contributed by atoms with Gasteiger partial charge in [-0.2, -0.15) is 13.2 Å². The molecule has 0 unspecified atom stereocenters. The summed E-state index contributed by atoms with van der Waals surface area (Å²) in [5.74, 6) is 1.01. The van der Waals surface area contributed by atoms with Crippen LogP contribution in [0.25, 0.3) is 0 Å². The smallest absolute Gasteiger partial charge is 0.390 e. The second-order valence-corrected chi connectivity index (χ2v) is 5.46. The predicted molar refractivity (Wildman–Crippen MR) is 82.0 cm³/mol. The number of hydrogen-bond acceptors (Lipinski definition) is 4. The van der Waals surface area contributed by atoms with Gasteiger partial charge in [0.15, 0.2) is 11.5 Å². The third-order valence-corrected chi connectivity index (χ3v) is 3.89. The zero-order chi connectivity index (χ0) is 16.9. The number of piperazine rings is 1. The molecule has 0 radical (unpaired) electrons. The van der Waals surface area contributed by atoms with Crippen molar-refractivity contribution in [2.45, 2.75) is 25.6 Å². The summed E-state index contributed by atoms with van der Waals surface area (Å²) in [6, 6.07) is 4.33. The van der Waals surface area contributed by atoms with Gasteiger partial charge in [-0.15, -0.1) is 0 Å². The number of halogens is 3. The van der Waals surface area contributed by atoms with Crippen molar-refractivity contribution >= 4 is 0 Å². The van der Waals surface area contributed by atoms with E-state index in [9.17, 15) is 13.2 Å². The van der Waals surface area contributed by atoms with Crippen LogP contribution in [0.4, 0.5) is 13.2 Å². The molecule has 1 fully saturated rings. The van der Waals surface area contributed by atoms with Gasteiger partial charge in [0.25, 0.3) is 0 Å². The second kappa shape index (κ2) is 7.88. The maximum Gasteiger partial charge on any atom is 0.390 e. The molecule has 7 heteroatoms. The van der Waals surface area contributed by atoms with Crippen molar-refractivity contribution in [2.24, 2.45) is 0 Å². The van der Waals surface area contributed by atoms with E-state index in [4.69, 9.17) is 9.47 Å². The maximum absolute atomic E-state index is 13.0. The fourth-order valence-corrected chi connectivity index (χ4v) is 2.84. The standard InChI is InChI=1S/C16H23F3N2O2/c1-3-23-15-10-12(4-5-14(15)22-2)13(11-16(17,18)19)21-8-6-20-7-9-21/h4-5,10,13,20H,3,6-9,11H2,1-2H3/t13-/m1/s1.